The van der Waals surface area contributed by atoms with E-state index in [2.05, 4.69) is 15.5 Å². The Morgan fingerprint density at radius 2 is 1.67 bits per heavy atom. The number of anilines is 1. The first kappa shape index (κ1) is 18.7. The lowest BCUT2D eigenvalue weighted by molar-refractivity contribution is 0.102. The second-order valence-electron chi connectivity index (χ2n) is 6.01. The Morgan fingerprint density at radius 3 is 2.26 bits per heavy atom. The fourth-order valence-corrected chi connectivity index (χ4v) is 3.27. The SMILES string of the molecule is CCS(=O)(=O)c1ccc(-c2ccc(NC(=O)c3ccccc3C)cc2)nn1. The molecule has 0 radical (unpaired) electrons. The van der Waals surface area contributed by atoms with Gasteiger partial charge in [-0.05, 0) is 42.8 Å². The molecular formula is C20H19N3O3S. The van der Waals surface area contributed by atoms with Crippen LogP contribution in [0.2, 0.25) is 0 Å². The van der Waals surface area contributed by atoms with Crippen LogP contribution in [0, 0.1) is 6.92 Å². The molecule has 1 heterocycles. The van der Waals surface area contributed by atoms with Crippen molar-refractivity contribution in [3.8, 4) is 11.3 Å². The molecule has 0 saturated carbocycles. The molecule has 27 heavy (non-hydrogen) atoms. The largest absolute Gasteiger partial charge is 0.322 e. The average Bonchev–Trinajstić information content (AvgIpc) is 2.69. The van der Waals surface area contributed by atoms with Gasteiger partial charge in [0.05, 0.1) is 11.4 Å². The lowest BCUT2D eigenvalue weighted by atomic mass is 10.1. The topological polar surface area (TPSA) is 89.0 Å². The molecule has 0 saturated heterocycles. The molecule has 6 nitrogen and oxygen atoms in total. The van der Waals surface area contributed by atoms with Gasteiger partial charge < -0.3 is 5.32 Å². The maximum atomic E-state index is 12.4. The summed E-state index contributed by atoms with van der Waals surface area (Å²) in [6.07, 6.45) is 0. The molecule has 0 unspecified atom stereocenters. The fourth-order valence-electron chi connectivity index (χ4n) is 2.54. The highest BCUT2D eigenvalue weighted by atomic mass is 32.2. The molecule has 0 aliphatic carbocycles. The summed E-state index contributed by atoms with van der Waals surface area (Å²) in [5, 5.41) is 10.6. The number of nitrogens with zero attached hydrogens (tertiary/aromatic N) is 2. The summed E-state index contributed by atoms with van der Waals surface area (Å²) in [6.45, 7) is 3.45. The van der Waals surface area contributed by atoms with E-state index >= 15 is 0 Å². The van der Waals surface area contributed by atoms with Gasteiger partial charge in [0.1, 0.15) is 0 Å². The van der Waals surface area contributed by atoms with E-state index in [0.717, 1.165) is 11.1 Å². The van der Waals surface area contributed by atoms with Crippen LogP contribution in [0.4, 0.5) is 5.69 Å². The quantitative estimate of drug-likeness (QED) is 0.731. The van der Waals surface area contributed by atoms with Crippen molar-refractivity contribution in [3.63, 3.8) is 0 Å². The molecule has 1 N–H and O–H groups in total. The fraction of sp³-hybridized carbons (Fsp3) is 0.150. The summed E-state index contributed by atoms with van der Waals surface area (Å²) in [5.41, 5.74) is 3.52. The number of carbonyl (C=O) groups is 1. The van der Waals surface area contributed by atoms with Gasteiger partial charge in [-0.2, -0.15) is 0 Å². The third-order valence-corrected chi connectivity index (χ3v) is 5.78. The number of nitrogens with one attached hydrogen (secondary N) is 1. The summed E-state index contributed by atoms with van der Waals surface area (Å²) in [6, 6.07) is 17.6. The minimum atomic E-state index is -3.37. The first-order valence-electron chi connectivity index (χ1n) is 8.44. The van der Waals surface area contributed by atoms with Crippen molar-refractivity contribution in [2.75, 3.05) is 11.1 Å². The van der Waals surface area contributed by atoms with Crippen molar-refractivity contribution in [2.45, 2.75) is 18.9 Å². The normalized spacial score (nSPS) is 11.2. The highest BCUT2D eigenvalue weighted by molar-refractivity contribution is 7.91. The maximum Gasteiger partial charge on any atom is 0.255 e. The first-order chi connectivity index (χ1) is 12.9. The van der Waals surface area contributed by atoms with Gasteiger partial charge in [-0.15, -0.1) is 10.2 Å². The summed E-state index contributed by atoms with van der Waals surface area (Å²) in [4.78, 5) is 12.4. The van der Waals surface area contributed by atoms with Crippen LogP contribution in [-0.4, -0.2) is 30.3 Å². The van der Waals surface area contributed by atoms with Gasteiger partial charge in [-0.25, -0.2) is 8.42 Å². The Labute approximate surface area is 158 Å². The van der Waals surface area contributed by atoms with E-state index < -0.39 is 9.84 Å². The Bertz CT molecular complexity index is 1060. The second kappa shape index (κ2) is 7.67. The van der Waals surface area contributed by atoms with Crippen molar-refractivity contribution in [3.05, 3.63) is 71.8 Å². The molecule has 138 valence electrons. The van der Waals surface area contributed by atoms with E-state index in [1.165, 1.54) is 6.07 Å². The Kier molecular flexibility index (Phi) is 5.32. The van der Waals surface area contributed by atoms with E-state index in [4.69, 9.17) is 0 Å². The zero-order valence-corrected chi connectivity index (χ0v) is 15.8. The molecular weight excluding hydrogens is 362 g/mol. The molecule has 0 aliphatic rings. The van der Waals surface area contributed by atoms with E-state index in [1.807, 2.05) is 25.1 Å². The molecule has 0 spiro atoms. The maximum absolute atomic E-state index is 12.4. The van der Waals surface area contributed by atoms with Gasteiger partial charge in [0.25, 0.3) is 5.91 Å². The second-order valence-corrected chi connectivity index (χ2v) is 8.23. The Balaban J connectivity index is 1.76. The molecule has 2 aromatic carbocycles. The molecule has 1 amide bonds. The number of aromatic nitrogens is 2. The number of carbonyl (C=O) groups excluding carboxylic acids is 1. The van der Waals surface area contributed by atoms with E-state index in [9.17, 15) is 13.2 Å². The molecule has 3 aromatic rings. The van der Waals surface area contributed by atoms with Gasteiger partial charge in [-0.1, -0.05) is 37.3 Å². The number of benzene rings is 2. The Hall–Kier alpha value is -3.06. The highest BCUT2D eigenvalue weighted by Gasteiger charge is 2.14. The van der Waals surface area contributed by atoms with Gasteiger partial charge in [-0.3, -0.25) is 4.79 Å². The monoisotopic (exact) mass is 381 g/mol. The van der Waals surface area contributed by atoms with Crippen LogP contribution in [0.5, 0.6) is 0 Å². The number of hydrogen-bond acceptors (Lipinski definition) is 5. The molecule has 7 heteroatoms. The number of hydrogen-bond donors (Lipinski definition) is 1. The third-order valence-electron chi connectivity index (χ3n) is 4.17. The minimum Gasteiger partial charge on any atom is -0.322 e. The van der Waals surface area contributed by atoms with Gasteiger partial charge in [0.2, 0.25) is 0 Å². The highest BCUT2D eigenvalue weighted by Crippen LogP contribution is 2.21. The van der Waals surface area contributed by atoms with Crippen molar-refractivity contribution in [1.29, 1.82) is 0 Å². The van der Waals surface area contributed by atoms with Crippen LogP contribution in [-0.2, 0) is 9.84 Å². The summed E-state index contributed by atoms with van der Waals surface area (Å²) in [7, 11) is -3.37. The summed E-state index contributed by atoms with van der Waals surface area (Å²) in [5.74, 6) is -0.189. The lowest BCUT2D eigenvalue weighted by Crippen LogP contribution is -2.13. The van der Waals surface area contributed by atoms with Crippen LogP contribution in [0.1, 0.15) is 22.8 Å². The smallest absolute Gasteiger partial charge is 0.255 e. The lowest BCUT2D eigenvalue weighted by Gasteiger charge is -2.08. The summed E-state index contributed by atoms with van der Waals surface area (Å²) < 4.78 is 23.6. The number of aryl methyl sites for hydroxylation is 1. The standard InChI is InChI=1S/C20H19N3O3S/c1-3-27(25,26)19-13-12-18(22-23-19)15-8-10-16(11-9-15)21-20(24)17-7-5-4-6-14(17)2/h4-13H,3H2,1-2H3,(H,21,24). The van der Waals surface area contributed by atoms with Crippen LogP contribution in [0.3, 0.4) is 0 Å². The minimum absolute atomic E-state index is 0.0175. The molecule has 0 bridgehead atoms. The number of rotatable bonds is 5. The van der Waals surface area contributed by atoms with Crippen molar-refractivity contribution in [2.24, 2.45) is 0 Å². The van der Waals surface area contributed by atoms with Crippen LogP contribution in [0.25, 0.3) is 11.3 Å². The number of amides is 1. The Morgan fingerprint density at radius 1 is 0.963 bits per heavy atom. The molecule has 1 aromatic heterocycles. The van der Waals surface area contributed by atoms with Crippen LogP contribution >= 0.6 is 0 Å². The van der Waals surface area contributed by atoms with E-state index in [0.29, 0.717) is 16.9 Å². The predicted octanol–water partition coefficient (Wildman–Crippen LogP) is 3.50. The third kappa shape index (κ3) is 4.20. The molecule has 0 fully saturated rings. The zero-order valence-electron chi connectivity index (χ0n) is 15.0. The van der Waals surface area contributed by atoms with Crippen LogP contribution in [0.15, 0.2) is 65.7 Å². The first-order valence-corrected chi connectivity index (χ1v) is 10.1. The van der Waals surface area contributed by atoms with E-state index in [-0.39, 0.29) is 16.7 Å². The van der Waals surface area contributed by atoms with Crippen LogP contribution < -0.4 is 5.32 Å². The van der Waals surface area contributed by atoms with Gasteiger partial charge in [0.15, 0.2) is 14.9 Å². The van der Waals surface area contributed by atoms with Crippen molar-refractivity contribution >= 4 is 21.4 Å². The zero-order chi connectivity index (χ0) is 19.4. The van der Waals surface area contributed by atoms with E-state index in [1.54, 1.807) is 43.3 Å². The summed E-state index contributed by atoms with van der Waals surface area (Å²) >= 11 is 0. The predicted molar refractivity (Wildman–Crippen MR) is 104 cm³/mol. The van der Waals surface area contributed by atoms with Crippen molar-refractivity contribution in [1.82, 2.24) is 10.2 Å². The van der Waals surface area contributed by atoms with Gasteiger partial charge in [0, 0.05) is 16.8 Å². The van der Waals surface area contributed by atoms with Crippen molar-refractivity contribution < 1.29 is 13.2 Å². The molecule has 0 atom stereocenters. The average molecular weight is 381 g/mol. The molecule has 0 aliphatic heterocycles. The molecule has 3 rings (SSSR count). The number of sulfone groups is 1. The van der Waals surface area contributed by atoms with Gasteiger partial charge >= 0.3 is 0 Å².